The summed E-state index contributed by atoms with van der Waals surface area (Å²) in [6, 6.07) is 41.0. The minimum Gasteiger partial charge on any atom is -0.507 e. The first-order chi connectivity index (χ1) is 29.8. The van der Waals surface area contributed by atoms with Crippen LogP contribution in [-0.4, -0.2) is 46.5 Å². The van der Waals surface area contributed by atoms with Crippen LogP contribution in [0.5, 0.6) is 11.5 Å². The highest BCUT2D eigenvalue weighted by Crippen LogP contribution is 2.38. The first-order valence-electron chi connectivity index (χ1n) is 21.9. The van der Waals surface area contributed by atoms with Gasteiger partial charge in [0.2, 0.25) is 0 Å². The summed E-state index contributed by atoms with van der Waals surface area (Å²) in [4.78, 5) is 43.4. The SMILES string of the molecule is CCCCCCCCOC(=O)C(C)Oc1ccc(C2N=C(c3ccc(-c4ccccc4)cc3)N=C(c3ccc(-c4ccccc4)cc3)N2OC(=O)C(CC)CCCC)c(O)c1. The van der Waals surface area contributed by atoms with Gasteiger partial charge in [-0.3, -0.25) is 0 Å². The molecular weight excluding hydrogens is 763 g/mol. The number of aromatic hydroxyl groups is 1. The number of carbonyl (C=O) groups is 2. The minimum absolute atomic E-state index is 0.155. The summed E-state index contributed by atoms with van der Waals surface area (Å²) < 4.78 is 11.5. The molecule has 5 aromatic rings. The molecule has 0 bridgehead atoms. The molecule has 0 aliphatic carbocycles. The number of amidine groups is 2. The molecule has 0 saturated heterocycles. The smallest absolute Gasteiger partial charge is 0.347 e. The number of benzene rings is 5. The molecule has 3 unspecified atom stereocenters. The van der Waals surface area contributed by atoms with Gasteiger partial charge in [-0.05, 0) is 60.6 Å². The van der Waals surface area contributed by atoms with Crippen molar-refractivity contribution in [2.24, 2.45) is 15.9 Å². The number of esters is 1. The number of phenols is 1. The molecule has 1 aliphatic rings. The van der Waals surface area contributed by atoms with Crippen LogP contribution in [0.1, 0.15) is 115 Å². The van der Waals surface area contributed by atoms with Gasteiger partial charge in [0, 0.05) is 22.8 Å². The molecule has 1 aliphatic heterocycles. The molecule has 0 saturated carbocycles. The number of aliphatic imine (C=N–C) groups is 2. The number of carbonyl (C=O) groups excluding carboxylic acids is 2. The monoisotopic (exact) mass is 821 g/mol. The van der Waals surface area contributed by atoms with E-state index in [0.717, 1.165) is 59.9 Å². The van der Waals surface area contributed by atoms with E-state index in [1.807, 2.05) is 91.9 Å². The number of nitrogens with zero attached hydrogens (tertiary/aromatic N) is 3. The highest BCUT2D eigenvalue weighted by molar-refractivity contribution is 6.13. The Bertz CT molecular complexity index is 2220. The molecule has 1 N–H and O–H groups in total. The molecular formula is C52H59N3O6. The van der Waals surface area contributed by atoms with Gasteiger partial charge in [0.1, 0.15) is 11.5 Å². The molecule has 9 heteroatoms. The average molecular weight is 822 g/mol. The molecule has 3 atom stereocenters. The molecule has 9 nitrogen and oxygen atoms in total. The van der Waals surface area contributed by atoms with Crippen LogP contribution in [0.3, 0.4) is 0 Å². The van der Waals surface area contributed by atoms with Crippen LogP contribution in [0, 0.1) is 5.92 Å². The van der Waals surface area contributed by atoms with Gasteiger partial charge >= 0.3 is 11.9 Å². The average Bonchev–Trinajstić information content (AvgIpc) is 3.29. The van der Waals surface area contributed by atoms with Crippen molar-refractivity contribution in [3.8, 4) is 33.8 Å². The first-order valence-corrected chi connectivity index (χ1v) is 21.9. The molecule has 0 amide bonds. The molecule has 0 aromatic heterocycles. The maximum absolute atomic E-state index is 14.0. The van der Waals surface area contributed by atoms with Crippen LogP contribution in [0.25, 0.3) is 22.3 Å². The lowest BCUT2D eigenvalue weighted by atomic mass is 10.00. The number of ether oxygens (including phenoxy) is 2. The summed E-state index contributed by atoms with van der Waals surface area (Å²) in [7, 11) is 0. The maximum Gasteiger partial charge on any atom is 0.347 e. The zero-order valence-corrected chi connectivity index (χ0v) is 36.0. The Morgan fingerprint density at radius 3 is 1.80 bits per heavy atom. The Balaban J connectivity index is 1.35. The Morgan fingerprint density at radius 1 is 0.656 bits per heavy atom. The van der Waals surface area contributed by atoms with Crippen molar-refractivity contribution < 1.29 is 29.0 Å². The van der Waals surface area contributed by atoms with Crippen LogP contribution < -0.4 is 4.74 Å². The number of unbranched alkanes of at least 4 members (excludes halogenated alkanes) is 6. The van der Waals surface area contributed by atoms with Crippen molar-refractivity contribution in [1.29, 1.82) is 0 Å². The molecule has 61 heavy (non-hydrogen) atoms. The van der Waals surface area contributed by atoms with E-state index in [9.17, 15) is 14.7 Å². The summed E-state index contributed by atoms with van der Waals surface area (Å²) >= 11 is 0. The van der Waals surface area contributed by atoms with E-state index in [4.69, 9.17) is 24.3 Å². The van der Waals surface area contributed by atoms with Gasteiger partial charge < -0.3 is 19.4 Å². The van der Waals surface area contributed by atoms with Gasteiger partial charge in [0.05, 0.1) is 12.5 Å². The van der Waals surface area contributed by atoms with Gasteiger partial charge in [-0.1, -0.05) is 175 Å². The van der Waals surface area contributed by atoms with Crippen molar-refractivity contribution in [3.05, 3.63) is 144 Å². The lowest BCUT2D eigenvalue weighted by molar-refractivity contribution is -0.186. The van der Waals surface area contributed by atoms with E-state index in [2.05, 4.69) is 38.1 Å². The molecule has 0 fully saturated rings. The predicted molar refractivity (Wildman–Crippen MR) is 243 cm³/mol. The first kappa shape index (κ1) is 44.3. The number of hydrogen-bond acceptors (Lipinski definition) is 9. The van der Waals surface area contributed by atoms with Gasteiger partial charge in [-0.25, -0.2) is 19.6 Å². The van der Waals surface area contributed by atoms with Crippen LogP contribution in [0.2, 0.25) is 0 Å². The van der Waals surface area contributed by atoms with Gasteiger partial charge in [0.25, 0.3) is 0 Å². The third kappa shape index (κ3) is 12.0. The second-order valence-electron chi connectivity index (χ2n) is 15.5. The van der Waals surface area contributed by atoms with Crippen LogP contribution in [-0.2, 0) is 19.2 Å². The molecule has 1 heterocycles. The van der Waals surface area contributed by atoms with Crippen molar-refractivity contribution >= 4 is 23.6 Å². The number of hydrogen-bond donors (Lipinski definition) is 1. The van der Waals surface area contributed by atoms with Crippen molar-refractivity contribution in [2.75, 3.05) is 6.61 Å². The normalized spacial score (nSPS) is 14.7. The zero-order chi connectivity index (χ0) is 43.0. The largest absolute Gasteiger partial charge is 0.507 e. The lowest BCUT2D eigenvalue weighted by Crippen LogP contribution is -2.41. The Labute approximate surface area is 361 Å². The second kappa shape index (κ2) is 22.4. The van der Waals surface area contributed by atoms with Crippen LogP contribution >= 0.6 is 0 Å². The van der Waals surface area contributed by atoms with E-state index in [1.165, 1.54) is 30.4 Å². The van der Waals surface area contributed by atoms with Crippen LogP contribution in [0.15, 0.2) is 137 Å². The van der Waals surface area contributed by atoms with E-state index in [-0.39, 0.29) is 17.4 Å². The van der Waals surface area contributed by atoms with Crippen LogP contribution in [0.4, 0.5) is 0 Å². The fourth-order valence-corrected chi connectivity index (χ4v) is 7.32. The van der Waals surface area contributed by atoms with E-state index in [0.29, 0.717) is 42.2 Å². The summed E-state index contributed by atoms with van der Waals surface area (Å²) in [6.07, 6.45) is 7.72. The molecule has 318 valence electrons. The molecule has 0 radical (unpaired) electrons. The number of rotatable bonds is 21. The summed E-state index contributed by atoms with van der Waals surface area (Å²) in [6.45, 7) is 8.24. The van der Waals surface area contributed by atoms with Gasteiger partial charge in [-0.2, -0.15) is 5.06 Å². The predicted octanol–water partition coefficient (Wildman–Crippen LogP) is 12.3. The second-order valence-corrected chi connectivity index (χ2v) is 15.5. The minimum atomic E-state index is -1.04. The summed E-state index contributed by atoms with van der Waals surface area (Å²) in [5, 5.41) is 13.2. The molecule has 5 aromatic carbocycles. The Kier molecular flexibility index (Phi) is 16.3. The number of phenolic OH excluding ortho intramolecular Hbond substituents is 1. The van der Waals surface area contributed by atoms with Crippen molar-refractivity contribution in [3.63, 3.8) is 0 Å². The zero-order valence-electron chi connectivity index (χ0n) is 36.0. The van der Waals surface area contributed by atoms with Crippen molar-refractivity contribution in [2.45, 2.75) is 104 Å². The molecule has 6 rings (SSSR count). The quantitative estimate of drug-likeness (QED) is 0.0580. The topological polar surface area (TPSA) is 110 Å². The Hall–Kier alpha value is -6.22. The summed E-state index contributed by atoms with van der Waals surface area (Å²) in [5.74, 6) is -0.320. The third-order valence-corrected chi connectivity index (χ3v) is 11.0. The van der Waals surface area contributed by atoms with E-state index in [1.54, 1.807) is 19.1 Å². The Morgan fingerprint density at radius 2 is 1.21 bits per heavy atom. The molecule has 0 spiro atoms. The van der Waals surface area contributed by atoms with E-state index < -0.39 is 24.2 Å². The fraction of sp³-hybridized carbons (Fsp3) is 0.346. The van der Waals surface area contributed by atoms with E-state index >= 15 is 0 Å². The highest BCUT2D eigenvalue weighted by atomic mass is 16.7. The standard InChI is InChI=1S/C52H59N3O6/c1-5-8-10-11-12-19-35-59-51(57)37(4)60-45-33-34-46(47(56)36-45)50-54-48(43-29-25-41(26-30-43)39-21-15-13-16-22-39)53-49(55(50)61-52(58)38(7-3)20-9-6-2)44-31-27-42(28-32-44)40-23-17-14-18-24-40/h13-18,21-34,36-38,50,56H,5-12,19-20,35H2,1-4H3. The van der Waals surface area contributed by atoms with Gasteiger partial charge in [-0.15, -0.1) is 0 Å². The third-order valence-electron chi connectivity index (χ3n) is 11.0. The maximum atomic E-state index is 14.0. The fourth-order valence-electron chi connectivity index (χ4n) is 7.32. The summed E-state index contributed by atoms with van der Waals surface area (Å²) in [5.41, 5.74) is 6.00. The highest BCUT2D eigenvalue weighted by Gasteiger charge is 2.36. The van der Waals surface area contributed by atoms with Crippen molar-refractivity contribution in [1.82, 2.24) is 5.06 Å². The van der Waals surface area contributed by atoms with Gasteiger partial charge in [0.15, 0.2) is 23.9 Å². The number of hydroxylamine groups is 2. The lowest BCUT2D eigenvalue weighted by Gasteiger charge is -2.34.